The quantitative estimate of drug-likeness (QED) is 0.293. The summed E-state index contributed by atoms with van der Waals surface area (Å²) in [5.41, 5.74) is 1.36. The number of carboxylic acid groups (broad SMARTS) is 1. The number of aryl methyl sites for hydroxylation is 2. The van der Waals surface area contributed by atoms with Crippen molar-refractivity contribution in [2.75, 3.05) is 6.61 Å². The second-order valence-electron chi connectivity index (χ2n) is 8.63. The molecule has 0 aliphatic heterocycles. The number of thioether (sulfide) groups is 1. The molecule has 0 aliphatic rings. The molecule has 1 heterocycles. The summed E-state index contributed by atoms with van der Waals surface area (Å²) in [5, 5.41) is 13.0. The largest absolute Gasteiger partial charge is 0.482 e. The first-order valence-corrected chi connectivity index (χ1v) is 12.3. The van der Waals surface area contributed by atoms with Crippen LogP contribution in [0.1, 0.15) is 33.3 Å². The van der Waals surface area contributed by atoms with Crippen LogP contribution in [0.25, 0.3) is 5.69 Å². The third kappa shape index (κ3) is 5.77. The Morgan fingerprint density at radius 1 is 1.05 bits per heavy atom. The van der Waals surface area contributed by atoms with Gasteiger partial charge in [0.25, 0.3) is 0 Å². The third-order valence-electron chi connectivity index (χ3n) is 5.86. The van der Waals surface area contributed by atoms with Gasteiger partial charge in [-0.1, -0.05) is 30.3 Å². The minimum absolute atomic E-state index is 0.216. The maximum absolute atomic E-state index is 13.1. The number of aliphatic carboxylic acids is 1. The molecule has 0 spiro atoms. The summed E-state index contributed by atoms with van der Waals surface area (Å²) in [4.78, 5) is 24.9. The van der Waals surface area contributed by atoms with E-state index in [1.807, 2.05) is 50.2 Å². The zero-order valence-corrected chi connectivity index (χ0v) is 21.5. The van der Waals surface area contributed by atoms with E-state index in [4.69, 9.17) is 9.84 Å². The number of alkyl halides is 3. The third-order valence-corrected chi connectivity index (χ3v) is 7.27. The van der Waals surface area contributed by atoms with Crippen LogP contribution in [-0.4, -0.2) is 32.0 Å². The van der Waals surface area contributed by atoms with Gasteiger partial charge in [-0.05, 0) is 66.9 Å². The summed E-state index contributed by atoms with van der Waals surface area (Å²) in [5.74, 6) is -0.201. The molecular formula is C27H24F3N3O4S. The van der Waals surface area contributed by atoms with Gasteiger partial charge in [0.1, 0.15) is 5.75 Å². The van der Waals surface area contributed by atoms with Crippen molar-refractivity contribution in [1.82, 2.24) is 14.3 Å². The molecule has 1 N–H and O–H groups in total. The fourth-order valence-electron chi connectivity index (χ4n) is 3.85. The van der Waals surface area contributed by atoms with E-state index in [-0.39, 0.29) is 5.69 Å². The lowest BCUT2D eigenvalue weighted by Gasteiger charge is -2.19. The van der Waals surface area contributed by atoms with Crippen LogP contribution in [0.15, 0.2) is 76.4 Å². The van der Waals surface area contributed by atoms with Crippen molar-refractivity contribution in [3.05, 3.63) is 105 Å². The lowest BCUT2D eigenvalue weighted by molar-refractivity contribution is -0.139. The molecule has 0 amide bonds. The summed E-state index contributed by atoms with van der Waals surface area (Å²) in [7, 11) is 1.57. The predicted molar refractivity (Wildman–Crippen MR) is 137 cm³/mol. The van der Waals surface area contributed by atoms with Crippen molar-refractivity contribution in [2.24, 2.45) is 7.05 Å². The molecule has 1 aromatic heterocycles. The zero-order valence-electron chi connectivity index (χ0n) is 20.7. The van der Waals surface area contributed by atoms with Gasteiger partial charge in [-0.2, -0.15) is 17.9 Å². The van der Waals surface area contributed by atoms with Gasteiger partial charge in [0.2, 0.25) is 0 Å². The standard InChI is InChI=1S/C27H24F3N3O4S/c1-16-14-22(17(2)13-21(16)37-15-23(34)35)38-24(18-7-5-4-6-8-18)25-31-33(26(36)32(25)3)20-11-9-19(10-12-20)27(28,29)30/h4-14,24H,15H2,1-3H3,(H,34,35). The van der Waals surface area contributed by atoms with Crippen LogP contribution < -0.4 is 10.4 Å². The molecule has 0 aliphatic carbocycles. The van der Waals surface area contributed by atoms with E-state index in [2.05, 4.69) is 5.10 Å². The monoisotopic (exact) mass is 543 g/mol. The summed E-state index contributed by atoms with van der Waals surface area (Å²) in [6, 6.07) is 17.3. The summed E-state index contributed by atoms with van der Waals surface area (Å²) in [6.07, 6.45) is -4.49. The Bertz CT molecular complexity index is 1510. The second kappa shape index (κ2) is 10.8. The van der Waals surface area contributed by atoms with Gasteiger partial charge in [-0.15, -0.1) is 16.9 Å². The molecule has 11 heteroatoms. The smallest absolute Gasteiger partial charge is 0.416 e. The molecule has 1 atom stereocenters. The second-order valence-corrected chi connectivity index (χ2v) is 9.78. The number of aromatic nitrogens is 3. The van der Waals surface area contributed by atoms with Gasteiger partial charge in [0.15, 0.2) is 12.4 Å². The van der Waals surface area contributed by atoms with Crippen LogP contribution >= 0.6 is 11.8 Å². The van der Waals surface area contributed by atoms with E-state index >= 15 is 0 Å². The normalized spacial score (nSPS) is 12.4. The topological polar surface area (TPSA) is 86.4 Å². The van der Waals surface area contributed by atoms with E-state index in [1.54, 1.807) is 13.1 Å². The molecule has 4 rings (SSSR count). The molecule has 4 aromatic rings. The SMILES string of the molecule is Cc1cc(SC(c2ccccc2)c2nn(-c3ccc(C(F)(F)F)cc3)c(=O)n2C)c(C)cc1OCC(=O)O. The first kappa shape index (κ1) is 27.1. The lowest BCUT2D eigenvalue weighted by Crippen LogP contribution is -2.22. The Labute approximate surface area is 220 Å². The average Bonchev–Trinajstić information content (AvgIpc) is 3.17. The van der Waals surface area contributed by atoms with Crippen LogP contribution in [-0.2, 0) is 18.0 Å². The number of hydrogen-bond donors (Lipinski definition) is 1. The molecule has 0 saturated carbocycles. The Morgan fingerprint density at radius 3 is 2.32 bits per heavy atom. The van der Waals surface area contributed by atoms with Crippen LogP contribution in [0, 0.1) is 13.8 Å². The number of carbonyl (C=O) groups is 1. The van der Waals surface area contributed by atoms with E-state index in [0.717, 1.165) is 38.4 Å². The molecule has 7 nitrogen and oxygen atoms in total. The number of rotatable bonds is 8. The van der Waals surface area contributed by atoms with Gasteiger partial charge >= 0.3 is 17.8 Å². The number of carboxylic acids is 1. The highest BCUT2D eigenvalue weighted by molar-refractivity contribution is 7.99. The van der Waals surface area contributed by atoms with Crippen molar-refractivity contribution in [3.63, 3.8) is 0 Å². The fourth-order valence-corrected chi connectivity index (χ4v) is 5.20. The Balaban J connectivity index is 1.75. The van der Waals surface area contributed by atoms with Crippen molar-refractivity contribution in [3.8, 4) is 11.4 Å². The van der Waals surface area contributed by atoms with Crippen LogP contribution in [0.4, 0.5) is 13.2 Å². The predicted octanol–water partition coefficient (Wildman–Crippen LogP) is 5.55. The Kier molecular flexibility index (Phi) is 7.68. The zero-order chi connectivity index (χ0) is 27.6. The number of nitrogens with zero attached hydrogens (tertiary/aromatic N) is 3. The Morgan fingerprint density at radius 2 is 1.71 bits per heavy atom. The summed E-state index contributed by atoms with van der Waals surface area (Å²) < 4.78 is 46.9. The number of benzene rings is 3. The van der Waals surface area contributed by atoms with Crippen LogP contribution in [0.5, 0.6) is 5.75 Å². The van der Waals surface area contributed by atoms with Gasteiger partial charge in [0, 0.05) is 11.9 Å². The highest BCUT2D eigenvalue weighted by Gasteiger charge is 2.30. The Hall–Kier alpha value is -3.99. The van der Waals surface area contributed by atoms with E-state index in [9.17, 15) is 22.8 Å². The van der Waals surface area contributed by atoms with Crippen molar-refractivity contribution >= 4 is 17.7 Å². The van der Waals surface area contributed by atoms with E-state index < -0.39 is 35.3 Å². The molecule has 1 unspecified atom stereocenters. The maximum Gasteiger partial charge on any atom is 0.416 e. The molecule has 0 bridgehead atoms. The van der Waals surface area contributed by atoms with Crippen LogP contribution in [0.2, 0.25) is 0 Å². The molecule has 3 aromatic carbocycles. The number of hydrogen-bond acceptors (Lipinski definition) is 5. The maximum atomic E-state index is 13.1. The fraction of sp³-hybridized carbons (Fsp3) is 0.222. The number of halogens is 3. The molecule has 198 valence electrons. The first-order valence-electron chi connectivity index (χ1n) is 11.5. The van der Waals surface area contributed by atoms with Gasteiger partial charge in [0.05, 0.1) is 16.5 Å². The van der Waals surface area contributed by atoms with Gasteiger partial charge < -0.3 is 9.84 Å². The summed E-state index contributed by atoms with van der Waals surface area (Å²) in [6.45, 7) is 3.23. The molecule has 0 fully saturated rings. The summed E-state index contributed by atoms with van der Waals surface area (Å²) >= 11 is 1.45. The first-order chi connectivity index (χ1) is 18.0. The van der Waals surface area contributed by atoms with Crippen molar-refractivity contribution < 1.29 is 27.8 Å². The van der Waals surface area contributed by atoms with Gasteiger partial charge in [-0.3, -0.25) is 4.57 Å². The molecule has 0 radical (unpaired) electrons. The van der Waals surface area contributed by atoms with E-state index in [1.165, 1.54) is 28.5 Å². The lowest BCUT2D eigenvalue weighted by atomic mass is 10.1. The van der Waals surface area contributed by atoms with Crippen LogP contribution in [0.3, 0.4) is 0 Å². The average molecular weight is 544 g/mol. The highest BCUT2D eigenvalue weighted by atomic mass is 32.2. The number of ether oxygens (including phenoxy) is 1. The van der Waals surface area contributed by atoms with E-state index in [0.29, 0.717) is 11.6 Å². The highest BCUT2D eigenvalue weighted by Crippen LogP contribution is 2.42. The molecular weight excluding hydrogens is 519 g/mol. The minimum Gasteiger partial charge on any atom is -0.482 e. The van der Waals surface area contributed by atoms with Crippen molar-refractivity contribution in [1.29, 1.82) is 0 Å². The molecule has 0 saturated heterocycles. The molecule has 38 heavy (non-hydrogen) atoms. The van der Waals surface area contributed by atoms with Gasteiger partial charge in [-0.25, -0.2) is 9.59 Å². The minimum atomic E-state index is -4.49. The van der Waals surface area contributed by atoms with Crippen molar-refractivity contribution in [2.45, 2.75) is 30.2 Å².